The Balaban J connectivity index is 1.83. The van der Waals surface area contributed by atoms with Crippen LogP contribution in [0, 0.1) is 13.8 Å². The van der Waals surface area contributed by atoms with E-state index in [0.29, 0.717) is 5.76 Å². The SMILES string of the molecule is Cc1cc(-c2cnc(N3CCCCC3)nc2-c2ccoc2C)on1. The number of nitrogens with zero attached hydrogens (tertiary/aromatic N) is 4. The number of aryl methyl sites for hydroxylation is 2. The summed E-state index contributed by atoms with van der Waals surface area (Å²) in [5.41, 5.74) is 3.45. The second-order valence-corrected chi connectivity index (χ2v) is 6.20. The second-order valence-electron chi connectivity index (χ2n) is 6.20. The van der Waals surface area contributed by atoms with Crippen molar-refractivity contribution in [2.75, 3.05) is 18.0 Å². The van der Waals surface area contributed by atoms with Crippen LogP contribution in [0.1, 0.15) is 30.7 Å². The monoisotopic (exact) mass is 324 g/mol. The third kappa shape index (κ3) is 2.68. The van der Waals surface area contributed by atoms with E-state index in [2.05, 4.69) is 15.0 Å². The first-order valence-electron chi connectivity index (χ1n) is 8.32. The minimum absolute atomic E-state index is 0.674. The third-order valence-electron chi connectivity index (χ3n) is 4.42. The normalized spacial score (nSPS) is 15.0. The maximum atomic E-state index is 5.48. The second kappa shape index (κ2) is 6.11. The molecule has 0 bridgehead atoms. The Morgan fingerprint density at radius 1 is 1.08 bits per heavy atom. The van der Waals surface area contributed by atoms with E-state index in [1.54, 1.807) is 6.26 Å². The minimum atomic E-state index is 0.674. The van der Waals surface area contributed by atoms with Crippen LogP contribution in [0.5, 0.6) is 0 Å². The molecule has 4 rings (SSSR count). The highest BCUT2D eigenvalue weighted by Gasteiger charge is 2.21. The van der Waals surface area contributed by atoms with Gasteiger partial charge in [0.2, 0.25) is 5.95 Å². The topological polar surface area (TPSA) is 68.2 Å². The van der Waals surface area contributed by atoms with Crippen LogP contribution in [-0.2, 0) is 0 Å². The first-order chi connectivity index (χ1) is 11.7. The number of furan rings is 1. The lowest BCUT2D eigenvalue weighted by Crippen LogP contribution is -2.31. The number of anilines is 1. The molecule has 0 atom stereocenters. The zero-order chi connectivity index (χ0) is 16.5. The van der Waals surface area contributed by atoms with E-state index >= 15 is 0 Å². The van der Waals surface area contributed by atoms with Crippen LogP contribution in [0.15, 0.2) is 33.5 Å². The molecule has 1 saturated heterocycles. The van der Waals surface area contributed by atoms with Crippen molar-refractivity contribution in [2.45, 2.75) is 33.1 Å². The van der Waals surface area contributed by atoms with Crippen molar-refractivity contribution in [3.8, 4) is 22.6 Å². The Morgan fingerprint density at radius 3 is 2.58 bits per heavy atom. The van der Waals surface area contributed by atoms with Crippen molar-refractivity contribution in [2.24, 2.45) is 0 Å². The highest BCUT2D eigenvalue weighted by molar-refractivity contribution is 5.79. The van der Waals surface area contributed by atoms with Crippen LogP contribution in [0.2, 0.25) is 0 Å². The molecule has 0 aromatic carbocycles. The summed E-state index contributed by atoms with van der Waals surface area (Å²) in [7, 11) is 0. The molecule has 124 valence electrons. The fraction of sp³-hybridized carbons (Fsp3) is 0.389. The maximum absolute atomic E-state index is 5.48. The summed E-state index contributed by atoms with van der Waals surface area (Å²) in [5, 5.41) is 3.99. The average molecular weight is 324 g/mol. The van der Waals surface area contributed by atoms with Crippen molar-refractivity contribution in [3.63, 3.8) is 0 Å². The Kier molecular flexibility index (Phi) is 3.80. The number of aromatic nitrogens is 3. The van der Waals surface area contributed by atoms with Gasteiger partial charge in [-0.25, -0.2) is 9.97 Å². The van der Waals surface area contributed by atoms with Gasteiger partial charge in [0, 0.05) is 30.9 Å². The van der Waals surface area contributed by atoms with Gasteiger partial charge in [-0.3, -0.25) is 0 Å². The lowest BCUT2D eigenvalue weighted by molar-refractivity contribution is 0.427. The van der Waals surface area contributed by atoms with E-state index in [-0.39, 0.29) is 0 Å². The minimum Gasteiger partial charge on any atom is -0.469 e. The van der Waals surface area contributed by atoms with Gasteiger partial charge in [0.1, 0.15) is 5.76 Å². The van der Waals surface area contributed by atoms with Crippen molar-refractivity contribution in [1.82, 2.24) is 15.1 Å². The summed E-state index contributed by atoms with van der Waals surface area (Å²) >= 11 is 0. The molecule has 0 amide bonds. The van der Waals surface area contributed by atoms with E-state index in [1.807, 2.05) is 32.2 Å². The predicted octanol–water partition coefficient (Wildman–Crippen LogP) is 4.00. The molecule has 0 spiro atoms. The van der Waals surface area contributed by atoms with E-state index in [1.165, 1.54) is 19.3 Å². The first kappa shape index (κ1) is 14.9. The van der Waals surface area contributed by atoms with Crippen LogP contribution in [0.3, 0.4) is 0 Å². The average Bonchev–Trinajstić information content (AvgIpc) is 3.23. The summed E-state index contributed by atoms with van der Waals surface area (Å²) < 4.78 is 10.9. The van der Waals surface area contributed by atoms with Gasteiger partial charge < -0.3 is 13.8 Å². The van der Waals surface area contributed by atoms with Gasteiger partial charge in [-0.05, 0) is 39.2 Å². The third-order valence-corrected chi connectivity index (χ3v) is 4.42. The highest BCUT2D eigenvalue weighted by atomic mass is 16.5. The summed E-state index contributed by atoms with van der Waals surface area (Å²) in [6.45, 7) is 5.85. The number of rotatable bonds is 3. The fourth-order valence-electron chi connectivity index (χ4n) is 3.13. The molecule has 1 fully saturated rings. The van der Waals surface area contributed by atoms with Gasteiger partial charge in [0.15, 0.2) is 5.76 Å². The molecular weight excluding hydrogens is 304 g/mol. The molecule has 0 saturated carbocycles. The van der Waals surface area contributed by atoms with E-state index in [0.717, 1.165) is 47.3 Å². The van der Waals surface area contributed by atoms with Crippen LogP contribution < -0.4 is 4.90 Å². The van der Waals surface area contributed by atoms with Gasteiger partial charge in [0.25, 0.3) is 0 Å². The molecule has 3 aromatic rings. The van der Waals surface area contributed by atoms with Gasteiger partial charge in [-0.2, -0.15) is 0 Å². The van der Waals surface area contributed by atoms with Gasteiger partial charge in [0.05, 0.1) is 23.2 Å². The Hall–Kier alpha value is -2.63. The van der Waals surface area contributed by atoms with E-state index < -0.39 is 0 Å². The molecule has 4 heterocycles. The zero-order valence-corrected chi connectivity index (χ0v) is 14.0. The van der Waals surface area contributed by atoms with E-state index in [4.69, 9.17) is 13.9 Å². The highest BCUT2D eigenvalue weighted by Crippen LogP contribution is 2.34. The summed E-state index contributed by atoms with van der Waals surface area (Å²) in [4.78, 5) is 11.7. The van der Waals surface area contributed by atoms with Crippen molar-refractivity contribution in [1.29, 1.82) is 0 Å². The maximum Gasteiger partial charge on any atom is 0.225 e. The van der Waals surface area contributed by atoms with Crippen molar-refractivity contribution >= 4 is 5.95 Å². The lowest BCUT2D eigenvalue weighted by atomic mass is 10.1. The van der Waals surface area contributed by atoms with Gasteiger partial charge in [-0.15, -0.1) is 0 Å². The quantitative estimate of drug-likeness (QED) is 0.725. The molecule has 0 aliphatic carbocycles. The van der Waals surface area contributed by atoms with Gasteiger partial charge in [-0.1, -0.05) is 5.16 Å². The van der Waals surface area contributed by atoms with Gasteiger partial charge >= 0.3 is 0 Å². The van der Waals surface area contributed by atoms with Crippen LogP contribution >= 0.6 is 0 Å². The van der Waals surface area contributed by atoms with Crippen LogP contribution in [0.4, 0.5) is 5.95 Å². The molecule has 1 aliphatic heterocycles. The molecule has 6 nitrogen and oxygen atoms in total. The molecular formula is C18H20N4O2. The number of piperidine rings is 1. The summed E-state index contributed by atoms with van der Waals surface area (Å²) in [6, 6.07) is 3.84. The zero-order valence-electron chi connectivity index (χ0n) is 14.0. The summed E-state index contributed by atoms with van der Waals surface area (Å²) in [5.74, 6) is 2.27. The largest absolute Gasteiger partial charge is 0.469 e. The number of hydrogen-bond acceptors (Lipinski definition) is 6. The number of hydrogen-bond donors (Lipinski definition) is 0. The first-order valence-corrected chi connectivity index (χ1v) is 8.32. The molecule has 1 aliphatic rings. The molecule has 3 aromatic heterocycles. The van der Waals surface area contributed by atoms with Crippen molar-refractivity contribution < 1.29 is 8.94 Å². The molecule has 0 unspecified atom stereocenters. The standard InChI is InChI=1S/C18H20N4O2/c1-12-10-16(24-21-12)15-11-19-18(22-7-4-3-5-8-22)20-17(15)14-6-9-23-13(14)2/h6,9-11H,3-5,7-8H2,1-2H3. The molecule has 24 heavy (non-hydrogen) atoms. The Bertz CT molecular complexity index is 846. The van der Waals surface area contributed by atoms with Crippen molar-refractivity contribution in [3.05, 3.63) is 36.0 Å². The lowest BCUT2D eigenvalue weighted by Gasteiger charge is -2.27. The van der Waals surface area contributed by atoms with Crippen LogP contribution in [-0.4, -0.2) is 28.2 Å². The van der Waals surface area contributed by atoms with Crippen LogP contribution in [0.25, 0.3) is 22.6 Å². The molecule has 6 heteroatoms. The Morgan fingerprint density at radius 2 is 1.92 bits per heavy atom. The smallest absolute Gasteiger partial charge is 0.225 e. The van der Waals surface area contributed by atoms with E-state index in [9.17, 15) is 0 Å². The Labute approximate surface area is 140 Å². The molecule has 0 N–H and O–H groups in total. The fourth-order valence-corrected chi connectivity index (χ4v) is 3.13. The summed E-state index contributed by atoms with van der Waals surface area (Å²) in [6.07, 6.45) is 7.17. The predicted molar refractivity (Wildman–Crippen MR) is 90.8 cm³/mol. The molecule has 0 radical (unpaired) electrons.